The number of nitrogens with one attached hydrogen (secondary N) is 1. The van der Waals surface area contributed by atoms with Gasteiger partial charge >= 0.3 is 0 Å². The molecule has 1 aromatic carbocycles. The van der Waals surface area contributed by atoms with Crippen LogP contribution in [0.15, 0.2) is 18.2 Å². The van der Waals surface area contributed by atoms with E-state index in [4.69, 9.17) is 28.4 Å². The molecule has 0 aliphatic carbocycles. The zero-order valence-electron chi connectivity index (χ0n) is 10.9. The first-order valence-corrected chi connectivity index (χ1v) is 6.45. The van der Waals surface area contributed by atoms with Gasteiger partial charge < -0.3 is 21.5 Å². The molecule has 0 spiro atoms. The van der Waals surface area contributed by atoms with E-state index in [-0.39, 0.29) is 5.91 Å². The first-order chi connectivity index (χ1) is 9.04. The molecule has 0 radical (unpaired) electrons. The predicted molar refractivity (Wildman–Crippen MR) is 80.4 cm³/mol. The molecule has 6 heteroatoms. The van der Waals surface area contributed by atoms with Crippen molar-refractivity contribution in [2.75, 3.05) is 19.0 Å². The van der Waals surface area contributed by atoms with Crippen molar-refractivity contribution in [3.63, 3.8) is 0 Å². The van der Waals surface area contributed by atoms with Crippen LogP contribution < -0.4 is 21.5 Å². The summed E-state index contributed by atoms with van der Waals surface area (Å²) in [7, 11) is 1.60. The number of unbranched alkanes of at least 4 members (excludes halogenated alkanes) is 1. The summed E-state index contributed by atoms with van der Waals surface area (Å²) in [5, 5.41) is 3.24. The van der Waals surface area contributed by atoms with Gasteiger partial charge in [0.05, 0.1) is 7.11 Å². The number of carbonyl (C=O) groups excluding carboxylic acids is 1. The number of nitrogens with two attached hydrogens (primary N) is 2. The second-order valence-electron chi connectivity index (χ2n) is 4.13. The van der Waals surface area contributed by atoms with Crippen LogP contribution >= 0.6 is 12.2 Å². The summed E-state index contributed by atoms with van der Waals surface area (Å²) in [5.74, 6) is 0.463. The molecule has 1 amide bonds. The van der Waals surface area contributed by atoms with Crippen LogP contribution in [-0.2, 0) is 4.79 Å². The topological polar surface area (TPSA) is 90.4 Å². The number of methoxy groups -OCH3 is 1. The number of hydrogen-bond acceptors (Lipinski definition) is 4. The maximum Gasteiger partial charge on any atom is 0.217 e. The van der Waals surface area contributed by atoms with Crippen molar-refractivity contribution in [2.24, 2.45) is 11.5 Å². The van der Waals surface area contributed by atoms with Crippen molar-refractivity contribution in [2.45, 2.75) is 19.3 Å². The third-order valence-corrected chi connectivity index (χ3v) is 2.88. The molecular formula is C13H19N3O2S. The van der Waals surface area contributed by atoms with Crippen LogP contribution in [-0.4, -0.2) is 24.6 Å². The third-order valence-electron chi connectivity index (χ3n) is 2.66. The molecule has 5 N–H and O–H groups in total. The van der Waals surface area contributed by atoms with E-state index in [1.54, 1.807) is 7.11 Å². The molecule has 5 nitrogen and oxygen atoms in total. The highest BCUT2D eigenvalue weighted by molar-refractivity contribution is 7.80. The van der Waals surface area contributed by atoms with Crippen LogP contribution in [0, 0.1) is 0 Å². The van der Waals surface area contributed by atoms with Crippen molar-refractivity contribution < 1.29 is 9.53 Å². The fraction of sp³-hybridized carbons (Fsp3) is 0.385. The maximum atomic E-state index is 10.6. The summed E-state index contributed by atoms with van der Waals surface area (Å²) >= 11 is 5.00. The normalized spacial score (nSPS) is 9.95. The number of hydrogen-bond donors (Lipinski definition) is 3. The molecule has 0 unspecified atom stereocenters. The molecule has 104 valence electrons. The minimum Gasteiger partial charge on any atom is -0.497 e. The number of rotatable bonds is 8. The molecule has 0 aliphatic heterocycles. The fourth-order valence-electron chi connectivity index (χ4n) is 1.66. The Bertz CT molecular complexity index is 463. The number of benzene rings is 1. The van der Waals surface area contributed by atoms with Crippen molar-refractivity contribution in [1.82, 2.24) is 0 Å². The van der Waals surface area contributed by atoms with E-state index >= 15 is 0 Å². The lowest BCUT2D eigenvalue weighted by molar-refractivity contribution is -0.118. The smallest absolute Gasteiger partial charge is 0.217 e. The zero-order valence-corrected chi connectivity index (χ0v) is 11.8. The second-order valence-corrected chi connectivity index (χ2v) is 4.57. The minimum absolute atomic E-state index is 0.273. The van der Waals surface area contributed by atoms with Crippen LogP contribution in [0.1, 0.15) is 24.8 Å². The second kappa shape index (κ2) is 7.58. The van der Waals surface area contributed by atoms with Gasteiger partial charge in [0.2, 0.25) is 5.91 Å². The molecule has 19 heavy (non-hydrogen) atoms. The Kier molecular flexibility index (Phi) is 6.08. The van der Waals surface area contributed by atoms with Gasteiger partial charge in [-0.25, -0.2) is 0 Å². The van der Waals surface area contributed by atoms with Gasteiger partial charge in [-0.1, -0.05) is 12.2 Å². The highest BCUT2D eigenvalue weighted by atomic mass is 32.1. The van der Waals surface area contributed by atoms with Crippen LogP contribution in [0.2, 0.25) is 0 Å². The quantitative estimate of drug-likeness (QED) is 0.495. The van der Waals surface area contributed by atoms with Crippen molar-refractivity contribution >= 4 is 28.8 Å². The molecule has 0 bridgehead atoms. The predicted octanol–water partition coefficient (Wildman–Crippen LogP) is 1.40. The van der Waals surface area contributed by atoms with Gasteiger partial charge in [-0.3, -0.25) is 4.79 Å². The van der Waals surface area contributed by atoms with Gasteiger partial charge in [0.15, 0.2) is 0 Å². The summed E-state index contributed by atoms with van der Waals surface area (Å²) in [6.45, 7) is 0.718. The lowest BCUT2D eigenvalue weighted by Gasteiger charge is -2.12. The number of carbonyl (C=O) groups is 1. The van der Waals surface area contributed by atoms with Gasteiger partial charge in [0, 0.05) is 30.3 Å². The molecule has 0 saturated heterocycles. The summed E-state index contributed by atoms with van der Waals surface area (Å²) in [5.41, 5.74) is 12.4. The highest BCUT2D eigenvalue weighted by Gasteiger charge is 2.06. The summed E-state index contributed by atoms with van der Waals surface area (Å²) in [6.07, 6.45) is 2.01. The number of thiocarbonyl (C=S) groups is 1. The van der Waals surface area contributed by atoms with E-state index in [0.29, 0.717) is 11.4 Å². The van der Waals surface area contributed by atoms with Gasteiger partial charge in [-0.15, -0.1) is 0 Å². The average Bonchev–Trinajstić information content (AvgIpc) is 2.37. The summed E-state index contributed by atoms with van der Waals surface area (Å²) in [4.78, 5) is 10.9. The minimum atomic E-state index is -0.273. The zero-order chi connectivity index (χ0) is 14.3. The monoisotopic (exact) mass is 281 g/mol. The Morgan fingerprint density at radius 1 is 1.37 bits per heavy atom. The van der Waals surface area contributed by atoms with E-state index in [0.717, 1.165) is 36.4 Å². The number of ether oxygens (including phenoxy) is 1. The molecular weight excluding hydrogens is 262 g/mol. The molecule has 1 aromatic rings. The van der Waals surface area contributed by atoms with E-state index in [9.17, 15) is 4.79 Å². The Balaban J connectivity index is 2.59. The van der Waals surface area contributed by atoms with Gasteiger partial charge in [-0.2, -0.15) is 0 Å². The maximum absolute atomic E-state index is 10.6. The molecule has 0 aromatic heterocycles. The first kappa shape index (κ1) is 15.2. The Morgan fingerprint density at radius 2 is 2.11 bits per heavy atom. The number of amides is 1. The molecule has 0 saturated carbocycles. The third kappa shape index (κ3) is 5.13. The number of anilines is 1. The Labute approximate surface area is 118 Å². The van der Waals surface area contributed by atoms with Crippen LogP contribution in [0.5, 0.6) is 5.75 Å². The summed E-state index contributed by atoms with van der Waals surface area (Å²) < 4.78 is 5.16. The molecule has 0 aliphatic rings. The lowest BCUT2D eigenvalue weighted by Crippen LogP contribution is -2.14. The standard InChI is InChI=1S/C13H19N3O2S/c1-18-9-5-6-10(13(15)19)11(8-9)16-7-3-2-4-12(14)17/h5-6,8,16H,2-4,7H2,1H3,(H2,14,17)(H2,15,19). The largest absolute Gasteiger partial charge is 0.497 e. The van der Waals surface area contributed by atoms with Crippen molar-refractivity contribution in [3.05, 3.63) is 23.8 Å². The van der Waals surface area contributed by atoms with E-state index in [1.165, 1.54) is 0 Å². The lowest BCUT2D eigenvalue weighted by atomic mass is 10.1. The molecule has 0 fully saturated rings. The van der Waals surface area contributed by atoms with Crippen molar-refractivity contribution in [1.29, 1.82) is 0 Å². The SMILES string of the molecule is COc1ccc(C(N)=S)c(NCCCCC(N)=O)c1. The molecule has 0 heterocycles. The average molecular weight is 281 g/mol. The van der Waals surface area contributed by atoms with Crippen LogP contribution in [0.3, 0.4) is 0 Å². The van der Waals surface area contributed by atoms with Gasteiger partial charge in [0.25, 0.3) is 0 Å². The van der Waals surface area contributed by atoms with E-state index < -0.39 is 0 Å². The van der Waals surface area contributed by atoms with Gasteiger partial charge in [0.1, 0.15) is 10.7 Å². The highest BCUT2D eigenvalue weighted by Crippen LogP contribution is 2.22. The fourth-order valence-corrected chi connectivity index (χ4v) is 1.84. The molecule has 1 rings (SSSR count). The molecule has 0 atom stereocenters. The number of primary amides is 1. The summed E-state index contributed by atoms with van der Waals surface area (Å²) in [6, 6.07) is 5.49. The Morgan fingerprint density at radius 3 is 2.68 bits per heavy atom. The first-order valence-electron chi connectivity index (χ1n) is 6.04. The van der Waals surface area contributed by atoms with Crippen LogP contribution in [0.25, 0.3) is 0 Å². The van der Waals surface area contributed by atoms with Crippen molar-refractivity contribution in [3.8, 4) is 5.75 Å². The van der Waals surface area contributed by atoms with Crippen LogP contribution in [0.4, 0.5) is 5.69 Å². The van der Waals surface area contributed by atoms with E-state index in [2.05, 4.69) is 5.32 Å². The Hall–Kier alpha value is -1.82. The van der Waals surface area contributed by atoms with Gasteiger partial charge in [-0.05, 0) is 25.0 Å². The van der Waals surface area contributed by atoms with E-state index in [1.807, 2.05) is 18.2 Å².